The highest BCUT2D eigenvalue weighted by atomic mass is 32.2. The molecule has 0 aliphatic carbocycles. The molecule has 2 aromatic rings. The molecule has 11 nitrogen and oxygen atoms in total. The zero-order valence-electron chi connectivity index (χ0n) is 22.5. The van der Waals surface area contributed by atoms with Crippen LogP contribution in [0, 0.1) is 11.3 Å². The minimum Gasteiger partial charge on any atom is -0.350 e. The molecule has 3 aliphatic heterocycles. The molecule has 2 saturated heterocycles. The second-order valence-corrected chi connectivity index (χ2v) is 14.5. The van der Waals surface area contributed by atoms with Crippen molar-refractivity contribution in [1.29, 1.82) is 5.26 Å². The van der Waals surface area contributed by atoms with Crippen LogP contribution in [0.2, 0.25) is 0 Å². The van der Waals surface area contributed by atoms with E-state index >= 15 is 0 Å². The van der Waals surface area contributed by atoms with E-state index in [1.54, 1.807) is 17.9 Å². The predicted octanol–water partition coefficient (Wildman–Crippen LogP) is 2.29. The fraction of sp³-hybridized carbons (Fsp3) is 0.600. The zero-order chi connectivity index (χ0) is 27.6. The standard InChI is InChI=1S/C25H32N8O3S2/c1-15-12-32(23(34)25(5)7-8-38(25,35)36)16(2)11-31(15)20-19-21(28-14-27-20)33(13-24(19,3)4)18-9-17(10-26)22(37-6)30-29-18/h9,14-16H,7-8,11-13H2,1-6H3/t15-,16+,25?/m0/s1. The van der Waals surface area contributed by atoms with Crippen molar-refractivity contribution >= 4 is 45.0 Å². The van der Waals surface area contributed by atoms with Gasteiger partial charge in [0.1, 0.15) is 33.8 Å². The maximum absolute atomic E-state index is 13.4. The van der Waals surface area contributed by atoms with Crippen LogP contribution in [0.1, 0.15) is 52.2 Å². The first kappa shape index (κ1) is 26.6. The molecule has 202 valence electrons. The number of piperazine rings is 1. The van der Waals surface area contributed by atoms with E-state index in [-0.39, 0.29) is 29.2 Å². The number of sulfone groups is 1. The summed E-state index contributed by atoms with van der Waals surface area (Å²) in [6, 6.07) is 3.67. The number of hydrogen-bond acceptors (Lipinski definition) is 11. The van der Waals surface area contributed by atoms with Crippen LogP contribution in [0.5, 0.6) is 0 Å². The molecule has 0 aromatic carbocycles. The Hall–Kier alpha value is -2.98. The summed E-state index contributed by atoms with van der Waals surface area (Å²) in [6.45, 7) is 11.3. The van der Waals surface area contributed by atoms with Gasteiger partial charge in [-0.15, -0.1) is 22.0 Å². The summed E-state index contributed by atoms with van der Waals surface area (Å²) in [6.07, 6.45) is 3.76. The number of nitrogens with zero attached hydrogens (tertiary/aromatic N) is 8. The Morgan fingerprint density at radius 1 is 1.13 bits per heavy atom. The van der Waals surface area contributed by atoms with Gasteiger partial charge >= 0.3 is 0 Å². The summed E-state index contributed by atoms with van der Waals surface area (Å²) in [7, 11) is -3.41. The molecule has 5 heterocycles. The van der Waals surface area contributed by atoms with E-state index in [1.807, 2.05) is 25.0 Å². The quantitative estimate of drug-likeness (QED) is 0.513. The largest absolute Gasteiger partial charge is 0.350 e. The smallest absolute Gasteiger partial charge is 0.244 e. The molecular formula is C25H32N8O3S2. The molecule has 1 unspecified atom stereocenters. The number of fused-ring (bicyclic) bond motifs is 1. The van der Waals surface area contributed by atoms with E-state index in [4.69, 9.17) is 4.98 Å². The van der Waals surface area contributed by atoms with Crippen LogP contribution in [0.25, 0.3) is 0 Å². The summed E-state index contributed by atoms with van der Waals surface area (Å²) in [4.78, 5) is 28.6. The number of anilines is 3. The van der Waals surface area contributed by atoms with Crippen LogP contribution in [0.4, 0.5) is 17.5 Å². The molecule has 3 atom stereocenters. The van der Waals surface area contributed by atoms with Gasteiger partial charge in [0.15, 0.2) is 15.7 Å². The SMILES string of the molecule is CSc1nnc(N2CC(C)(C)c3c2ncnc3N2C[C@@H](C)N(C(=O)C3(C)CCS3(=O)=O)C[C@@H]2C)cc1C#N. The summed E-state index contributed by atoms with van der Waals surface area (Å²) < 4.78 is 23.5. The molecule has 1 amide bonds. The molecule has 5 rings (SSSR count). The van der Waals surface area contributed by atoms with Crippen molar-refractivity contribution in [3.05, 3.63) is 23.5 Å². The van der Waals surface area contributed by atoms with Crippen molar-refractivity contribution in [1.82, 2.24) is 25.1 Å². The Balaban J connectivity index is 1.48. The molecule has 38 heavy (non-hydrogen) atoms. The first-order chi connectivity index (χ1) is 17.8. The average Bonchev–Trinajstić information content (AvgIpc) is 3.18. The molecule has 13 heteroatoms. The van der Waals surface area contributed by atoms with Crippen LogP contribution >= 0.6 is 11.8 Å². The summed E-state index contributed by atoms with van der Waals surface area (Å²) in [5, 5.41) is 18.8. The van der Waals surface area contributed by atoms with Crippen molar-refractivity contribution in [2.45, 2.75) is 68.3 Å². The van der Waals surface area contributed by atoms with Gasteiger partial charge in [0, 0.05) is 48.8 Å². The third kappa shape index (κ3) is 3.91. The topological polar surface area (TPSA) is 136 Å². The molecule has 0 spiro atoms. The van der Waals surface area contributed by atoms with Crippen LogP contribution in [0.15, 0.2) is 17.4 Å². The van der Waals surface area contributed by atoms with Crippen LogP contribution in [0.3, 0.4) is 0 Å². The van der Waals surface area contributed by atoms with Gasteiger partial charge in [-0.25, -0.2) is 18.4 Å². The Kier molecular flexibility index (Phi) is 6.34. The van der Waals surface area contributed by atoms with Gasteiger partial charge in [-0.05, 0) is 33.4 Å². The van der Waals surface area contributed by atoms with E-state index in [2.05, 4.69) is 40.0 Å². The van der Waals surface area contributed by atoms with Gasteiger partial charge < -0.3 is 14.7 Å². The Bertz CT molecular complexity index is 1460. The van der Waals surface area contributed by atoms with Gasteiger partial charge in [0.05, 0.1) is 11.3 Å². The highest BCUT2D eigenvalue weighted by Gasteiger charge is 2.57. The molecule has 3 aliphatic rings. The number of amides is 1. The van der Waals surface area contributed by atoms with Crippen molar-refractivity contribution < 1.29 is 13.2 Å². The van der Waals surface area contributed by atoms with E-state index in [9.17, 15) is 18.5 Å². The zero-order valence-corrected chi connectivity index (χ0v) is 24.1. The van der Waals surface area contributed by atoms with E-state index < -0.39 is 14.6 Å². The third-order valence-electron chi connectivity index (χ3n) is 8.14. The highest BCUT2D eigenvalue weighted by molar-refractivity contribution is 7.98. The Morgan fingerprint density at radius 2 is 1.84 bits per heavy atom. The van der Waals surface area contributed by atoms with E-state index in [1.165, 1.54) is 18.1 Å². The first-order valence-corrected chi connectivity index (χ1v) is 15.5. The molecule has 2 aromatic heterocycles. The number of aromatic nitrogens is 4. The lowest BCUT2D eigenvalue weighted by Crippen LogP contribution is -2.66. The summed E-state index contributed by atoms with van der Waals surface area (Å²) in [5.74, 6) is 1.84. The predicted molar refractivity (Wildman–Crippen MR) is 145 cm³/mol. The van der Waals surface area contributed by atoms with Gasteiger partial charge in [-0.1, -0.05) is 13.8 Å². The van der Waals surface area contributed by atoms with Crippen molar-refractivity contribution in [3.63, 3.8) is 0 Å². The second-order valence-electron chi connectivity index (χ2n) is 11.2. The van der Waals surface area contributed by atoms with Gasteiger partial charge in [-0.3, -0.25) is 4.79 Å². The Labute approximate surface area is 227 Å². The van der Waals surface area contributed by atoms with Crippen LogP contribution in [-0.2, 0) is 20.0 Å². The molecule has 0 radical (unpaired) electrons. The number of rotatable bonds is 4. The molecule has 0 saturated carbocycles. The van der Waals surface area contributed by atoms with E-state index in [0.717, 1.165) is 17.2 Å². The number of carbonyl (C=O) groups excluding carboxylic acids is 1. The third-order valence-corrected chi connectivity index (χ3v) is 11.3. The highest BCUT2D eigenvalue weighted by Crippen LogP contribution is 2.47. The second kappa shape index (κ2) is 9.05. The number of thioether (sulfide) groups is 1. The molecule has 2 fully saturated rings. The lowest BCUT2D eigenvalue weighted by atomic mass is 9.87. The minimum absolute atomic E-state index is 0.0675. The molecule has 0 N–H and O–H groups in total. The fourth-order valence-electron chi connectivity index (χ4n) is 5.69. The maximum atomic E-state index is 13.4. The van der Waals surface area contributed by atoms with Crippen LogP contribution < -0.4 is 9.80 Å². The summed E-state index contributed by atoms with van der Waals surface area (Å²) >= 11 is 1.38. The van der Waals surface area contributed by atoms with Crippen molar-refractivity contribution in [2.24, 2.45) is 0 Å². The van der Waals surface area contributed by atoms with E-state index in [0.29, 0.717) is 42.5 Å². The molecule has 0 bridgehead atoms. The Morgan fingerprint density at radius 3 is 2.45 bits per heavy atom. The monoisotopic (exact) mass is 556 g/mol. The maximum Gasteiger partial charge on any atom is 0.244 e. The number of hydrogen-bond donors (Lipinski definition) is 0. The normalized spacial score (nSPS) is 27.4. The van der Waals surface area contributed by atoms with Gasteiger partial charge in [0.25, 0.3) is 0 Å². The minimum atomic E-state index is -3.41. The lowest BCUT2D eigenvalue weighted by molar-refractivity contribution is -0.137. The lowest BCUT2D eigenvalue weighted by Gasteiger charge is -2.49. The van der Waals surface area contributed by atoms with Crippen molar-refractivity contribution in [3.8, 4) is 6.07 Å². The fourth-order valence-corrected chi connectivity index (χ4v) is 7.67. The van der Waals surface area contributed by atoms with Gasteiger partial charge in [0.2, 0.25) is 5.91 Å². The van der Waals surface area contributed by atoms with Crippen molar-refractivity contribution in [2.75, 3.05) is 41.4 Å². The van der Waals surface area contributed by atoms with Gasteiger partial charge in [-0.2, -0.15) is 5.26 Å². The summed E-state index contributed by atoms with van der Waals surface area (Å²) in [5.41, 5.74) is 1.11. The number of nitriles is 1. The van der Waals surface area contributed by atoms with Crippen LogP contribution in [-0.4, -0.2) is 87.9 Å². The average molecular weight is 557 g/mol. The molecular weight excluding hydrogens is 524 g/mol. The number of carbonyl (C=O) groups is 1. The first-order valence-electron chi connectivity index (χ1n) is 12.6.